The van der Waals surface area contributed by atoms with E-state index in [0.717, 1.165) is 13.1 Å². The Kier molecular flexibility index (Phi) is 12.1. The molecule has 19 heavy (non-hydrogen) atoms. The minimum absolute atomic E-state index is 0.256. The van der Waals surface area contributed by atoms with Crippen molar-refractivity contribution >= 4 is 5.97 Å². The van der Waals surface area contributed by atoms with Gasteiger partial charge in [-0.25, -0.2) is 0 Å². The van der Waals surface area contributed by atoms with Crippen molar-refractivity contribution in [1.82, 2.24) is 4.90 Å². The van der Waals surface area contributed by atoms with Crippen molar-refractivity contribution in [2.45, 2.75) is 72.1 Å². The first-order valence-corrected chi connectivity index (χ1v) is 8.06. The molecule has 0 bridgehead atoms. The maximum atomic E-state index is 10.8. The van der Waals surface area contributed by atoms with E-state index in [0.29, 0.717) is 6.54 Å². The maximum absolute atomic E-state index is 10.8. The molecule has 0 radical (unpaired) electrons. The molecule has 0 aromatic heterocycles. The number of rotatable bonds is 13. The third-order valence-electron chi connectivity index (χ3n) is 3.73. The zero-order valence-corrected chi connectivity index (χ0v) is 13.2. The molecule has 3 nitrogen and oxygen atoms in total. The first kappa shape index (κ1) is 18.4. The van der Waals surface area contributed by atoms with Crippen molar-refractivity contribution in [2.24, 2.45) is 5.92 Å². The van der Waals surface area contributed by atoms with Gasteiger partial charge in [0.05, 0.1) is 5.92 Å². The summed E-state index contributed by atoms with van der Waals surface area (Å²) >= 11 is 0. The summed E-state index contributed by atoms with van der Waals surface area (Å²) in [5.74, 6) is -0.941. The lowest BCUT2D eigenvalue weighted by Crippen LogP contribution is -2.32. The maximum Gasteiger partial charge on any atom is 0.307 e. The van der Waals surface area contributed by atoms with Gasteiger partial charge in [-0.05, 0) is 19.5 Å². The van der Waals surface area contributed by atoms with Crippen LogP contribution in [-0.4, -0.2) is 35.6 Å². The smallest absolute Gasteiger partial charge is 0.307 e. The molecule has 0 aromatic carbocycles. The fourth-order valence-electron chi connectivity index (χ4n) is 2.31. The minimum atomic E-state index is -0.686. The Labute approximate surface area is 119 Å². The summed E-state index contributed by atoms with van der Waals surface area (Å²) < 4.78 is 0. The number of unbranched alkanes of at least 4 members (excludes halogenated alkanes) is 7. The standard InChI is InChI=1S/C16H33NO2/c1-4-6-7-8-9-10-11-12-13-17(5-2)14-15(3)16(18)19/h15H,4-14H2,1-3H3,(H,18,19). The van der Waals surface area contributed by atoms with Crippen LogP contribution in [0.15, 0.2) is 0 Å². The number of carboxylic acids is 1. The fourth-order valence-corrected chi connectivity index (χ4v) is 2.31. The van der Waals surface area contributed by atoms with Crippen molar-refractivity contribution < 1.29 is 9.90 Å². The molecule has 0 heterocycles. The molecular formula is C16H33NO2. The third-order valence-corrected chi connectivity index (χ3v) is 3.73. The number of nitrogens with zero attached hydrogens (tertiary/aromatic N) is 1. The van der Waals surface area contributed by atoms with E-state index in [9.17, 15) is 4.79 Å². The van der Waals surface area contributed by atoms with Crippen LogP contribution in [0, 0.1) is 5.92 Å². The van der Waals surface area contributed by atoms with Gasteiger partial charge in [-0.3, -0.25) is 4.79 Å². The Balaban J connectivity index is 3.48. The zero-order valence-electron chi connectivity index (χ0n) is 13.2. The van der Waals surface area contributed by atoms with E-state index in [-0.39, 0.29) is 5.92 Å². The predicted molar refractivity (Wildman–Crippen MR) is 81.5 cm³/mol. The van der Waals surface area contributed by atoms with Gasteiger partial charge in [-0.2, -0.15) is 0 Å². The summed E-state index contributed by atoms with van der Waals surface area (Å²) in [6.45, 7) is 8.83. The Hall–Kier alpha value is -0.570. The minimum Gasteiger partial charge on any atom is -0.481 e. The second kappa shape index (κ2) is 12.5. The zero-order chi connectivity index (χ0) is 14.5. The molecular weight excluding hydrogens is 238 g/mol. The van der Waals surface area contributed by atoms with E-state index in [4.69, 9.17) is 5.11 Å². The van der Waals surface area contributed by atoms with E-state index in [2.05, 4.69) is 18.7 Å². The van der Waals surface area contributed by atoms with Crippen molar-refractivity contribution in [3.63, 3.8) is 0 Å². The molecule has 0 aliphatic rings. The van der Waals surface area contributed by atoms with E-state index < -0.39 is 5.97 Å². The molecule has 3 heteroatoms. The first-order chi connectivity index (χ1) is 9.11. The number of aliphatic carboxylic acids is 1. The quantitative estimate of drug-likeness (QED) is 0.511. The van der Waals surface area contributed by atoms with Crippen LogP contribution >= 0.6 is 0 Å². The lowest BCUT2D eigenvalue weighted by Gasteiger charge is -2.22. The molecule has 1 unspecified atom stereocenters. The molecule has 0 saturated carbocycles. The topological polar surface area (TPSA) is 40.5 Å². The summed E-state index contributed by atoms with van der Waals surface area (Å²) in [6.07, 6.45) is 10.6. The van der Waals surface area contributed by atoms with Gasteiger partial charge < -0.3 is 10.0 Å². The number of carboxylic acid groups (broad SMARTS) is 1. The predicted octanol–water partition coefficient (Wildman–Crippen LogP) is 4.17. The molecule has 0 spiro atoms. The highest BCUT2D eigenvalue weighted by Gasteiger charge is 2.14. The highest BCUT2D eigenvalue weighted by molar-refractivity contribution is 5.69. The summed E-state index contributed by atoms with van der Waals surface area (Å²) in [5, 5.41) is 8.91. The Morgan fingerprint density at radius 3 is 2.00 bits per heavy atom. The van der Waals surface area contributed by atoms with Crippen LogP contribution in [0.25, 0.3) is 0 Å². The number of carbonyl (C=O) groups is 1. The SMILES string of the molecule is CCCCCCCCCCN(CC)CC(C)C(=O)O. The lowest BCUT2D eigenvalue weighted by atomic mass is 10.1. The van der Waals surface area contributed by atoms with Gasteiger partial charge in [0.2, 0.25) is 0 Å². The fraction of sp³-hybridized carbons (Fsp3) is 0.938. The van der Waals surface area contributed by atoms with E-state index in [1.807, 2.05) is 0 Å². The highest BCUT2D eigenvalue weighted by atomic mass is 16.4. The van der Waals surface area contributed by atoms with Gasteiger partial charge in [0.1, 0.15) is 0 Å². The van der Waals surface area contributed by atoms with Crippen LogP contribution in [0.5, 0.6) is 0 Å². The van der Waals surface area contributed by atoms with Crippen molar-refractivity contribution in [3.8, 4) is 0 Å². The second-order valence-corrected chi connectivity index (χ2v) is 5.61. The largest absolute Gasteiger partial charge is 0.481 e. The molecule has 0 fully saturated rings. The molecule has 0 saturated heterocycles. The molecule has 1 atom stereocenters. The van der Waals surface area contributed by atoms with Crippen LogP contribution in [0.4, 0.5) is 0 Å². The summed E-state index contributed by atoms with van der Waals surface area (Å²) in [7, 11) is 0. The van der Waals surface area contributed by atoms with Crippen molar-refractivity contribution in [3.05, 3.63) is 0 Å². The van der Waals surface area contributed by atoms with Crippen LogP contribution in [-0.2, 0) is 4.79 Å². The summed E-state index contributed by atoms with van der Waals surface area (Å²) in [6, 6.07) is 0. The highest BCUT2D eigenvalue weighted by Crippen LogP contribution is 2.09. The average molecular weight is 271 g/mol. The number of hydrogen-bond acceptors (Lipinski definition) is 2. The van der Waals surface area contributed by atoms with Crippen LogP contribution in [0.3, 0.4) is 0 Å². The first-order valence-electron chi connectivity index (χ1n) is 8.06. The van der Waals surface area contributed by atoms with Gasteiger partial charge in [0.15, 0.2) is 0 Å². The molecule has 1 N–H and O–H groups in total. The van der Waals surface area contributed by atoms with Crippen LogP contribution < -0.4 is 0 Å². The van der Waals surface area contributed by atoms with Crippen molar-refractivity contribution in [2.75, 3.05) is 19.6 Å². The second-order valence-electron chi connectivity index (χ2n) is 5.61. The van der Waals surface area contributed by atoms with Crippen molar-refractivity contribution in [1.29, 1.82) is 0 Å². The van der Waals surface area contributed by atoms with Crippen LogP contribution in [0.1, 0.15) is 72.1 Å². The monoisotopic (exact) mass is 271 g/mol. The molecule has 0 rings (SSSR count). The van der Waals surface area contributed by atoms with Gasteiger partial charge in [0.25, 0.3) is 0 Å². The Bertz CT molecular complexity index is 219. The normalized spacial score (nSPS) is 12.8. The average Bonchev–Trinajstić information content (AvgIpc) is 2.39. The molecule has 0 aliphatic heterocycles. The van der Waals surface area contributed by atoms with Gasteiger partial charge >= 0.3 is 5.97 Å². The third kappa shape index (κ3) is 11.0. The van der Waals surface area contributed by atoms with E-state index in [1.165, 1.54) is 51.4 Å². The molecule has 0 amide bonds. The van der Waals surface area contributed by atoms with Crippen LogP contribution in [0.2, 0.25) is 0 Å². The van der Waals surface area contributed by atoms with E-state index >= 15 is 0 Å². The van der Waals surface area contributed by atoms with E-state index in [1.54, 1.807) is 6.92 Å². The molecule has 0 aromatic rings. The lowest BCUT2D eigenvalue weighted by molar-refractivity contribution is -0.141. The Morgan fingerprint density at radius 2 is 1.53 bits per heavy atom. The molecule has 0 aliphatic carbocycles. The van der Waals surface area contributed by atoms with Gasteiger partial charge in [-0.1, -0.05) is 65.7 Å². The molecule has 114 valence electrons. The summed E-state index contributed by atoms with van der Waals surface area (Å²) in [4.78, 5) is 13.1. The summed E-state index contributed by atoms with van der Waals surface area (Å²) in [5.41, 5.74) is 0. The van der Waals surface area contributed by atoms with Gasteiger partial charge in [0, 0.05) is 6.54 Å². The van der Waals surface area contributed by atoms with Gasteiger partial charge in [-0.15, -0.1) is 0 Å². The number of hydrogen-bond donors (Lipinski definition) is 1. The Morgan fingerprint density at radius 1 is 1.00 bits per heavy atom.